The van der Waals surface area contributed by atoms with Crippen molar-refractivity contribution < 1.29 is 0 Å². The van der Waals surface area contributed by atoms with Gasteiger partial charge in [0.1, 0.15) is 17.5 Å². The molecule has 2 fully saturated rings. The number of aromatic nitrogens is 5. The van der Waals surface area contributed by atoms with Crippen molar-refractivity contribution in [3.8, 4) is 0 Å². The lowest BCUT2D eigenvalue weighted by molar-refractivity contribution is 0.317. The van der Waals surface area contributed by atoms with E-state index < -0.39 is 0 Å². The minimum absolute atomic E-state index is 0.403. The summed E-state index contributed by atoms with van der Waals surface area (Å²) >= 11 is 0. The molecule has 2 aliphatic rings. The average molecular weight is 341 g/mol. The lowest BCUT2D eigenvalue weighted by Gasteiger charge is -2.33. The number of nitrogens with zero attached hydrogens (tertiary/aromatic N) is 7. The third-order valence-electron chi connectivity index (χ3n) is 5.50. The van der Waals surface area contributed by atoms with Gasteiger partial charge < -0.3 is 9.47 Å². The van der Waals surface area contributed by atoms with Crippen LogP contribution in [0.5, 0.6) is 0 Å². The Morgan fingerprint density at radius 3 is 2.64 bits per heavy atom. The monoisotopic (exact) mass is 341 g/mol. The molecule has 0 N–H and O–H groups in total. The molecule has 7 nitrogen and oxygen atoms in total. The molecule has 4 rings (SSSR count). The van der Waals surface area contributed by atoms with Gasteiger partial charge in [-0.05, 0) is 45.7 Å². The Bertz CT molecular complexity index is 720. The largest absolute Gasteiger partial charge is 0.354 e. The Morgan fingerprint density at radius 2 is 1.84 bits per heavy atom. The number of aryl methyl sites for hydroxylation is 1. The van der Waals surface area contributed by atoms with E-state index in [0.29, 0.717) is 5.92 Å². The summed E-state index contributed by atoms with van der Waals surface area (Å²) in [5, 5.41) is 9.05. The molecule has 4 heterocycles. The number of piperidine rings is 1. The van der Waals surface area contributed by atoms with E-state index >= 15 is 0 Å². The molecule has 134 valence electrons. The van der Waals surface area contributed by atoms with Crippen molar-refractivity contribution in [3.63, 3.8) is 0 Å². The van der Waals surface area contributed by atoms with Crippen molar-refractivity contribution in [1.29, 1.82) is 0 Å². The van der Waals surface area contributed by atoms with E-state index in [2.05, 4.69) is 41.6 Å². The van der Waals surface area contributed by atoms with E-state index in [9.17, 15) is 0 Å². The van der Waals surface area contributed by atoms with Gasteiger partial charge >= 0.3 is 0 Å². The third kappa shape index (κ3) is 3.38. The highest BCUT2D eigenvalue weighted by molar-refractivity contribution is 5.43. The first kappa shape index (κ1) is 16.4. The third-order valence-corrected chi connectivity index (χ3v) is 5.50. The molecular formula is C18H27N7. The van der Waals surface area contributed by atoms with E-state index in [1.807, 2.05) is 6.92 Å². The van der Waals surface area contributed by atoms with Crippen LogP contribution < -0.4 is 4.90 Å². The number of anilines is 1. The van der Waals surface area contributed by atoms with Crippen LogP contribution in [-0.2, 0) is 13.6 Å². The van der Waals surface area contributed by atoms with Crippen LogP contribution >= 0.6 is 0 Å². The summed E-state index contributed by atoms with van der Waals surface area (Å²) in [6.07, 6.45) is 8.45. The van der Waals surface area contributed by atoms with Crippen LogP contribution in [0, 0.1) is 6.92 Å². The smallest absolute Gasteiger partial charge is 0.150 e. The highest BCUT2D eigenvalue weighted by Gasteiger charge is 2.28. The summed E-state index contributed by atoms with van der Waals surface area (Å²) in [7, 11) is 2.12. The molecule has 0 aromatic carbocycles. The normalized spacial score (nSPS) is 21.8. The van der Waals surface area contributed by atoms with Gasteiger partial charge in [-0.15, -0.1) is 10.2 Å². The summed E-state index contributed by atoms with van der Waals surface area (Å²) in [5.41, 5.74) is 0.996. The molecule has 0 aliphatic carbocycles. The minimum Gasteiger partial charge on any atom is -0.354 e. The molecule has 0 bridgehead atoms. The topological polar surface area (TPSA) is 63.0 Å². The summed E-state index contributed by atoms with van der Waals surface area (Å²) < 4.78 is 2.22. The molecule has 25 heavy (non-hydrogen) atoms. The summed E-state index contributed by atoms with van der Waals surface area (Å²) in [5.74, 6) is 3.61. The quantitative estimate of drug-likeness (QED) is 0.846. The summed E-state index contributed by atoms with van der Waals surface area (Å²) in [6, 6.07) is 0. The zero-order valence-electron chi connectivity index (χ0n) is 15.2. The second kappa shape index (κ2) is 7.07. The Labute approximate surface area is 149 Å². The highest BCUT2D eigenvalue weighted by atomic mass is 15.3. The van der Waals surface area contributed by atoms with Crippen LogP contribution in [0.15, 0.2) is 12.4 Å². The Morgan fingerprint density at radius 1 is 1.04 bits per heavy atom. The fraction of sp³-hybridized carbons (Fsp3) is 0.667. The second-order valence-corrected chi connectivity index (χ2v) is 7.27. The van der Waals surface area contributed by atoms with Gasteiger partial charge in [0.2, 0.25) is 0 Å². The maximum atomic E-state index is 4.56. The zero-order chi connectivity index (χ0) is 17.2. The van der Waals surface area contributed by atoms with Crippen molar-refractivity contribution in [2.75, 3.05) is 31.1 Å². The second-order valence-electron chi connectivity index (χ2n) is 7.27. The standard InChI is InChI=1S/C18H27N7/c1-14-17(20-8-7-19-14)25-11-5-6-15(12-25)18-22-21-16(23(18)2)13-24-9-3-4-10-24/h7-8,15H,3-6,9-13H2,1-2H3/t15-/m0/s1. The molecule has 0 radical (unpaired) electrons. The van der Waals surface area contributed by atoms with E-state index in [1.165, 1.54) is 25.9 Å². The number of hydrogen-bond acceptors (Lipinski definition) is 6. The number of hydrogen-bond donors (Lipinski definition) is 0. The van der Waals surface area contributed by atoms with Gasteiger partial charge in [0.15, 0.2) is 0 Å². The van der Waals surface area contributed by atoms with Crippen LogP contribution in [0.25, 0.3) is 0 Å². The molecule has 0 spiro atoms. The molecule has 2 aliphatic heterocycles. The number of rotatable bonds is 4. The van der Waals surface area contributed by atoms with Gasteiger partial charge in [-0.25, -0.2) is 4.98 Å². The average Bonchev–Trinajstić information content (AvgIpc) is 3.27. The van der Waals surface area contributed by atoms with E-state index in [-0.39, 0.29) is 0 Å². The molecule has 1 atom stereocenters. The first-order valence-corrected chi connectivity index (χ1v) is 9.35. The Kier molecular flexibility index (Phi) is 4.65. The summed E-state index contributed by atoms with van der Waals surface area (Å²) in [4.78, 5) is 13.8. The minimum atomic E-state index is 0.403. The zero-order valence-corrected chi connectivity index (χ0v) is 15.2. The predicted molar refractivity (Wildman–Crippen MR) is 96.5 cm³/mol. The van der Waals surface area contributed by atoms with Crippen LogP contribution in [0.1, 0.15) is 48.9 Å². The van der Waals surface area contributed by atoms with Gasteiger partial charge in [0, 0.05) is 38.4 Å². The van der Waals surface area contributed by atoms with Gasteiger partial charge in [-0.1, -0.05) is 0 Å². The van der Waals surface area contributed by atoms with E-state index in [4.69, 9.17) is 0 Å². The SMILES string of the molecule is Cc1nccnc1N1CCC[C@H](c2nnc(CN3CCCC3)n2C)C1. The highest BCUT2D eigenvalue weighted by Crippen LogP contribution is 2.29. The van der Waals surface area contributed by atoms with Crippen LogP contribution in [-0.4, -0.2) is 55.8 Å². The molecule has 2 aromatic rings. The Balaban J connectivity index is 1.50. The maximum absolute atomic E-state index is 4.56. The van der Waals surface area contributed by atoms with Crippen molar-refractivity contribution in [2.24, 2.45) is 7.05 Å². The fourth-order valence-corrected chi connectivity index (χ4v) is 4.10. The predicted octanol–water partition coefficient (Wildman–Crippen LogP) is 1.89. The first-order chi connectivity index (χ1) is 12.2. The Hall–Kier alpha value is -2.02. The van der Waals surface area contributed by atoms with Gasteiger partial charge in [0.05, 0.1) is 12.2 Å². The molecule has 7 heteroatoms. The van der Waals surface area contributed by atoms with Gasteiger partial charge in [0.25, 0.3) is 0 Å². The summed E-state index contributed by atoms with van der Waals surface area (Å²) in [6.45, 7) is 7.30. The van der Waals surface area contributed by atoms with Crippen LogP contribution in [0.4, 0.5) is 5.82 Å². The number of likely N-dealkylation sites (tertiary alicyclic amines) is 1. The van der Waals surface area contributed by atoms with Crippen LogP contribution in [0.3, 0.4) is 0 Å². The molecule has 0 unspecified atom stereocenters. The lowest BCUT2D eigenvalue weighted by Crippen LogP contribution is -2.36. The molecular weight excluding hydrogens is 314 g/mol. The van der Waals surface area contributed by atoms with Crippen molar-refractivity contribution in [3.05, 3.63) is 29.7 Å². The molecule has 0 saturated carbocycles. The van der Waals surface area contributed by atoms with Crippen LogP contribution in [0.2, 0.25) is 0 Å². The van der Waals surface area contributed by atoms with Crippen molar-refractivity contribution in [1.82, 2.24) is 29.6 Å². The molecule has 0 amide bonds. The molecule has 2 aromatic heterocycles. The maximum Gasteiger partial charge on any atom is 0.150 e. The van der Waals surface area contributed by atoms with Crippen molar-refractivity contribution in [2.45, 2.75) is 45.1 Å². The van der Waals surface area contributed by atoms with Gasteiger partial charge in [-0.2, -0.15) is 0 Å². The van der Waals surface area contributed by atoms with E-state index in [0.717, 1.165) is 55.6 Å². The first-order valence-electron chi connectivity index (χ1n) is 9.35. The molecule has 2 saturated heterocycles. The van der Waals surface area contributed by atoms with Gasteiger partial charge in [-0.3, -0.25) is 9.88 Å². The van der Waals surface area contributed by atoms with Crippen molar-refractivity contribution >= 4 is 5.82 Å². The lowest BCUT2D eigenvalue weighted by atomic mass is 9.97. The fourth-order valence-electron chi connectivity index (χ4n) is 4.10. The van der Waals surface area contributed by atoms with E-state index in [1.54, 1.807) is 12.4 Å².